The molecule has 1 unspecified atom stereocenters. The molecular weight excluding hydrogens is 446 g/mol. The lowest BCUT2D eigenvalue weighted by Crippen LogP contribution is -2.59. The number of carbonyl (C=O) groups is 3. The van der Waals surface area contributed by atoms with Crippen LogP contribution in [0.15, 0.2) is 54.6 Å². The number of benzene rings is 1. The van der Waals surface area contributed by atoms with Crippen LogP contribution in [0.1, 0.15) is 19.4 Å². The maximum atomic E-state index is 14.2. The first kappa shape index (κ1) is 23.8. The van der Waals surface area contributed by atoms with Crippen LogP contribution in [-0.4, -0.2) is 94.1 Å². The third kappa shape index (κ3) is 3.62. The van der Waals surface area contributed by atoms with Crippen LogP contribution in [0.2, 0.25) is 0 Å². The zero-order chi connectivity index (χ0) is 24.9. The quantitative estimate of drug-likeness (QED) is 0.637. The molecule has 6 atom stereocenters. The van der Waals surface area contributed by atoms with Crippen molar-refractivity contribution < 1.29 is 24.2 Å². The maximum absolute atomic E-state index is 14.2. The fourth-order valence-electron chi connectivity index (χ4n) is 6.22. The van der Waals surface area contributed by atoms with Crippen molar-refractivity contribution in [3.05, 3.63) is 60.2 Å². The third-order valence-corrected chi connectivity index (χ3v) is 7.87. The van der Waals surface area contributed by atoms with E-state index in [0.29, 0.717) is 19.5 Å². The topological polar surface area (TPSA) is 90.4 Å². The van der Waals surface area contributed by atoms with Gasteiger partial charge in [0.1, 0.15) is 11.6 Å². The van der Waals surface area contributed by atoms with E-state index in [-0.39, 0.29) is 30.4 Å². The summed E-state index contributed by atoms with van der Waals surface area (Å²) in [5, 5.41) is 10.5. The van der Waals surface area contributed by atoms with E-state index in [9.17, 15) is 19.5 Å². The smallest absolute Gasteiger partial charge is 0.249 e. The van der Waals surface area contributed by atoms with Gasteiger partial charge in [-0.1, -0.05) is 54.6 Å². The molecule has 4 aliphatic rings. The van der Waals surface area contributed by atoms with E-state index in [2.05, 4.69) is 0 Å². The van der Waals surface area contributed by atoms with Crippen LogP contribution in [0.4, 0.5) is 0 Å². The molecule has 8 heteroatoms. The Bertz CT molecular complexity index is 1070. The monoisotopic (exact) mass is 479 g/mol. The Kier molecular flexibility index (Phi) is 6.05. The Morgan fingerprint density at radius 1 is 1.06 bits per heavy atom. The molecule has 4 heterocycles. The lowest BCUT2D eigenvalue weighted by molar-refractivity contribution is -0.152. The van der Waals surface area contributed by atoms with Crippen molar-refractivity contribution in [1.82, 2.24) is 14.7 Å². The molecule has 0 radical (unpaired) electrons. The number of aliphatic hydroxyl groups excluding tert-OH is 1. The number of likely N-dealkylation sites (N-methyl/N-ethyl adjacent to an activating group) is 1. The zero-order valence-corrected chi connectivity index (χ0v) is 20.4. The molecule has 1 aromatic carbocycles. The largest absolute Gasteiger partial charge is 0.394 e. The van der Waals surface area contributed by atoms with E-state index in [1.165, 1.54) is 4.90 Å². The fourth-order valence-corrected chi connectivity index (χ4v) is 6.22. The summed E-state index contributed by atoms with van der Waals surface area (Å²) in [5.74, 6) is -2.25. The van der Waals surface area contributed by atoms with E-state index in [4.69, 9.17) is 4.74 Å². The van der Waals surface area contributed by atoms with Crippen LogP contribution in [-0.2, 0) is 25.5 Å². The minimum Gasteiger partial charge on any atom is -0.394 e. The summed E-state index contributed by atoms with van der Waals surface area (Å²) in [5.41, 5.74) is -0.315. The van der Waals surface area contributed by atoms with Crippen LogP contribution < -0.4 is 0 Å². The highest BCUT2D eigenvalue weighted by Crippen LogP contribution is 2.54. The molecule has 0 aliphatic carbocycles. The van der Waals surface area contributed by atoms with Crippen LogP contribution in [0.3, 0.4) is 0 Å². The number of rotatable bonds is 5. The van der Waals surface area contributed by atoms with Gasteiger partial charge in [0, 0.05) is 26.2 Å². The van der Waals surface area contributed by atoms with Gasteiger partial charge in [0.2, 0.25) is 17.7 Å². The van der Waals surface area contributed by atoms with Crippen molar-refractivity contribution in [3.8, 4) is 0 Å². The second kappa shape index (κ2) is 8.91. The summed E-state index contributed by atoms with van der Waals surface area (Å²) in [7, 11) is 1.72. The molecule has 1 aromatic rings. The highest BCUT2D eigenvalue weighted by atomic mass is 16.5. The predicted octanol–water partition coefficient (Wildman–Crippen LogP) is 1.01. The molecule has 1 N–H and O–H groups in total. The summed E-state index contributed by atoms with van der Waals surface area (Å²) < 4.78 is 6.59. The number of carbonyl (C=O) groups excluding carboxylic acids is 3. The van der Waals surface area contributed by atoms with Crippen LogP contribution in [0.5, 0.6) is 0 Å². The molecule has 0 saturated carbocycles. The van der Waals surface area contributed by atoms with Crippen molar-refractivity contribution in [3.63, 3.8) is 0 Å². The summed E-state index contributed by atoms with van der Waals surface area (Å²) >= 11 is 0. The van der Waals surface area contributed by atoms with Crippen LogP contribution >= 0.6 is 0 Å². The first-order chi connectivity index (χ1) is 16.8. The predicted molar refractivity (Wildman–Crippen MR) is 129 cm³/mol. The molecule has 8 nitrogen and oxygen atoms in total. The SMILES string of the molecule is CC(C)N1CC=C[C@]23O[C@@H]4C=CCN(C)C(=O)[C@@H]4[C@H]2C(=O)N([C@@H](CO)Cc2ccccc2)C3C1=O. The molecule has 3 amide bonds. The average Bonchev–Trinajstić information content (AvgIpc) is 3.17. The first-order valence-electron chi connectivity index (χ1n) is 12.3. The van der Waals surface area contributed by atoms with Crippen molar-refractivity contribution >= 4 is 17.7 Å². The van der Waals surface area contributed by atoms with Gasteiger partial charge in [-0.25, -0.2) is 0 Å². The van der Waals surface area contributed by atoms with Gasteiger partial charge in [-0.15, -0.1) is 0 Å². The van der Waals surface area contributed by atoms with E-state index in [1.807, 2.05) is 68.5 Å². The van der Waals surface area contributed by atoms with Gasteiger partial charge < -0.3 is 24.5 Å². The maximum Gasteiger partial charge on any atom is 0.249 e. The minimum atomic E-state index is -1.27. The van der Waals surface area contributed by atoms with Gasteiger partial charge >= 0.3 is 0 Å². The van der Waals surface area contributed by atoms with E-state index < -0.39 is 35.6 Å². The van der Waals surface area contributed by atoms with Crippen molar-refractivity contribution in [2.24, 2.45) is 11.8 Å². The Morgan fingerprint density at radius 2 is 1.80 bits per heavy atom. The molecule has 0 aromatic heterocycles. The lowest BCUT2D eigenvalue weighted by Gasteiger charge is -2.39. The van der Waals surface area contributed by atoms with Crippen molar-refractivity contribution in [2.75, 3.05) is 26.7 Å². The van der Waals surface area contributed by atoms with Crippen molar-refractivity contribution in [1.29, 1.82) is 0 Å². The average molecular weight is 480 g/mol. The second-order valence-electron chi connectivity index (χ2n) is 10.2. The number of likely N-dealkylation sites (tertiary alicyclic amines) is 1. The number of aliphatic hydroxyl groups is 1. The number of hydrogen-bond donors (Lipinski definition) is 1. The Balaban J connectivity index is 1.63. The standard InChI is InChI=1S/C27H33N3O5/c1-17(2)29-14-8-12-27-22(21-20(35-27)11-7-13-28(3)24(21)32)25(33)30(23(27)26(29)34)19(16-31)15-18-9-5-4-6-10-18/h4-12,17,19-23,31H,13-16H2,1-3H3/t19-,20-,21+,22+,23?,27+/m1/s1. The third-order valence-electron chi connectivity index (χ3n) is 7.87. The summed E-state index contributed by atoms with van der Waals surface area (Å²) in [6, 6.07) is 7.94. The number of amides is 3. The van der Waals surface area contributed by atoms with E-state index >= 15 is 0 Å². The summed E-state index contributed by atoms with van der Waals surface area (Å²) in [6.07, 6.45) is 7.26. The Labute approximate surface area is 205 Å². The molecule has 2 fully saturated rings. The number of fused-ring (bicyclic) bond motifs is 2. The molecule has 2 saturated heterocycles. The second-order valence-corrected chi connectivity index (χ2v) is 10.2. The Morgan fingerprint density at radius 3 is 2.49 bits per heavy atom. The molecule has 35 heavy (non-hydrogen) atoms. The fraction of sp³-hybridized carbons (Fsp3) is 0.519. The van der Waals surface area contributed by atoms with Gasteiger partial charge in [-0.05, 0) is 25.8 Å². The van der Waals surface area contributed by atoms with Gasteiger partial charge in [0.05, 0.1) is 30.6 Å². The highest BCUT2D eigenvalue weighted by molar-refractivity contribution is 6.00. The van der Waals surface area contributed by atoms with Gasteiger partial charge in [-0.3, -0.25) is 14.4 Å². The minimum absolute atomic E-state index is 0.0838. The molecule has 5 rings (SSSR count). The van der Waals surface area contributed by atoms with Crippen LogP contribution in [0, 0.1) is 11.8 Å². The molecule has 1 spiro atoms. The highest BCUT2D eigenvalue weighted by Gasteiger charge is 2.72. The van der Waals surface area contributed by atoms with Gasteiger partial charge in [0.25, 0.3) is 0 Å². The zero-order valence-electron chi connectivity index (χ0n) is 20.4. The molecule has 4 aliphatic heterocycles. The van der Waals surface area contributed by atoms with Gasteiger partial charge in [0.15, 0.2) is 0 Å². The Hall–Kier alpha value is -2.97. The van der Waals surface area contributed by atoms with Crippen LogP contribution in [0.25, 0.3) is 0 Å². The van der Waals surface area contributed by atoms with Crippen molar-refractivity contribution in [2.45, 2.75) is 50.1 Å². The molecular formula is C27H33N3O5. The molecule has 0 bridgehead atoms. The molecule has 186 valence electrons. The van der Waals surface area contributed by atoms with E-state index in [0.717, 1.165) is 5.56 Å². The first-order valence-corrected chi connectivity index (χ1v) is 12.3. The van der Waals surface area contributed by atoms with E-state index in [1.54, 1.807) is 16.8 Å². The summed E-state index contributed by atoms with van der Waals surface area (Å²) in [4.78, 5) is 46.6. The lowest BCUT2D eigenvalue weighted by atomic mass is 9.77. The normalized spacial score (nSPS) is 33.1. The van der Waals surface area contributed by atoms with Gasteiger partial charge in [-0.2, -0.15) is 0 Å². The summed E-state index contributed by atoms with van der Waals surface area (Å²) in [6.45, 7) is 4.42. The number of ether oxygens (including phenoxy) is 1. The number of nitrogens with zero attached hydrogens (tertiary/aromatic N) is 3. The number of hydrogen-bond acceptors (Lipinski definition) is 5.